The Balaban J connectivity index is 1.90. The Kier molecular flexibility index (Phi) is 5.27. The minimum absolute atomic E-state index is 0.0593. The molecule has 1 unspecified atom stereocenters. The van der Waals surface area contributed by atoms with Gasteiger partial charge >= 0.3 is 11.9 Å². The molecule has 2 aliphatic carbocycles. The monoisotopic (exact) mass is 374 g/mol. The zero-order valence-corrected chi connectivity index (χ0v) is 16.0. The molecule has 1 N–H and O–H groups in total. The molecule has 1 aromatic carbocycles. The van der Waals surface area contributed by atoms with Crippen LogP contribution >= 0.6 is 0 Å². The van der Waals surface area contributed by atoms with Crippen LogP contribution in [-0.4, -0.2) is 36.0 Å². The minimum Gasteiger partial charge on any atom is -0.497 e. The molecule has 146 valence electrons. The van der Waals surface area contributed by atoms with Crippen molar-refractivity contribution < 1.29 is 29.0 Å². The number of carboxylic acid groups (broad SMARTS) is 1. The maximum Gasteiger partial charge on any atom is 0.304 e. The molecule has 1 saturated carbocycles. The van der Waals surface area contributed by atoms with E-state index in [1.165, 1.54) is 6.92 Å². The van der Waals surface area contributed by atoms with E-state index in [0.717, 1.165) is 17.7 Å². The highest BCUT2D eigenvalue weighted by Crippen LogP contribution is 2.53. The lowest BCUT2D eigenvalue weighted by atomic mass is 9.65. The molecule has 0 radical (unpaired) electrons. The van der Waals surface area contributed by atoms with Gasteiger partial charge in [0.25, 0.3) is 0 Å². The van der Waals surface area contributed by atoms with Crippen LogP contribution in [0.25, 0.3) is 0 Å². The summed E-state index contributed by atoms with van der Waals surface area (Å²) in [6.07, 6.45) is 2.11. The highest BCUT2D eigenvalue weighted by Gasteiger charge is 2.54. The van der Waals surface area contributed by atoms with Gasteiger partial charge in [-0.1, -0.05) is 6.92 Å². The number of carbonyl (C=O) groups is 3. The number of aliphatic carboxylic acids is 1. The van der Waals surface area contributed by atoms with Gasteiger partial charge in [-0.15, -0.1) is 0 Å². The zero-order chi connectivity index (χ0) is 19.8. The van der Waals surface area contributed by atoms with Crippen molar-refractivity contribution in [2.45, 2.75) is 52.1 Å². The number of carbonyl (C=O) groups excluding carboxylic acids is 2. The van der Waals surface area contributed by atoms with Gasteiger partial charge in [-0.05, 0) is 55.4 Å². The van der Waals surface area contributed by atoms with Crippen LogP contribution in [0.2, 0.25) is 0 Å². The number of ketones is 1. The largest absolute Gasteiger partial charge is 0.497 e. The fraction of sp³-hybridized carbons (Fsp3) is 0.571. The van der Waals surface area contributed by atoms with Gasteiger partial charge in [0.15, 0.2) is 5.78 Å². The van der Waals surface area contributed by atoms with Crippen LogP contribution in [0, 0.1) is 17.3 Å². The lowest BCUT2D eigenvalue weighted by Crippen LogP contribution is -2.43. The third-order valence-electron chi connectivity index (χ3n) is 6.29. The maximum absolute atomic E-state index is 13.2. The quantitative estimate of drug-likeness (QED) is 0.796. The number of methoxy groups -OCH3 is 1. The third kappa shape index (κ3) is 3.57. The van der Waals surface area contributed by atoms with Crippen LogP contribution < -0.4 is 4.74 Å². The van der Waals surface area contributed by atoms with Crippen molar-refractivity contribution in [3.05, 3.63) is 29.3 Å². The van der Waals surface area contributed by atoms with Crippen molar-refractivity contribution >= 4 is 17.7 Å². The summed E-state index contributed by atoms with van der Waals surface area (Å²) >= 11 is 0. The molecule has 6 heteroatoms. The van der Waals surface area contributed by atoms with Crippen LogP contribution in [0.1, 0.15) is 55.5 Å². The molecule has 2 aliphatic rings. The summed E-state index contributed by atoms with van der Waals surface area (Å²) in [4.78, 5) is 36.2. The van der Waals surface area contributed by atoms with Gasteiger partial charge in [-0.3, -0.25) is 14.4 Å². The molecule has 27 heavy (non-hydrogen) atoms. The summed E-state index contributed by atoms with van der Waals surface area (Å²) in [6.45, 7) is 3.19. The second-order valence-corrected chi connectivity index (χ2v) is 7.89. The van der Waals surface area contributed by atoms with Crippen molar-refractivity contribution in [1.29, 1.82) is 0 Å². The Morgan fingerprint density at radius 3 is 2.63 bits per heavy atom. The predicted molar refractivity (Wildman–Crippen MR) is 97.8 cm³/mol. The van der Waals surface area contributed by atoms with Gasteiger partial charge in [-0.25, -0.2) is 0 Å². The van der Waals surface area contributed by atoms with E-state index in [1.807, 2.05) is 13.0 Å². The van der Waals surface area contributed by atoms with Crippen molar-refractivity contribution in [1.82, 2.24) is 0 Å². The number of Topliss-reactive ketones (excluding diaryl/α,β-unsaturated/α-hetero) is 1. The molecule has 1 fully saturated rings. The molecular weight excluding hydrogens is 348 g/mol. The predicted octanol–water partition coefficient (Wildman–Crippen LogP) is 3.26. The summed E-state index contributed by atoms with van der Waals surface area (Å²) in [5.41, 5.74) is 0.924. The van der Waals surface area contributed by atoms with Gasteiger partial charge in [0, 0.05) is 23.8 Å². The first-order valence-corrected chi connectivity index (χ1v) is 9.36. The number of rotatable bonds is 5. The Hall–Kier alpha value is -2.37. The van der Waals surface area contributed by atoms with Crippen molar-refractivity contribution in [2.24, 2.45) is 17.3 Å². The number of hydrogen-bond acceptors (Lipinski definition) is 5. The lowest BCUT2D eigenvalue weighted by Gasteiger charge is -2.40. The molecule has 0 spiro atoms. The Morgan fingerprint density at radius 1 is 1.26 bits per heavy atom. The normalized spacial score (nSPS) is 29.9. The Bertz CT molecular complexity index is 770. The molecule has 0 bridgehead atoms. The highest BCUT2D eigenvalue weighted by atomic mass is 16.5. The molecule has 1 aromatic rings. The smallest absolute Gasteiger partial charge is 0.304 e. The number of aryl methyl sites for hydroxylation is 1. The first-order valence-electron chi connectivity index (χ1n) is 9.36. The van der Waals surface area contributed by atoms with Crippen LogP contribution in [0.5, 0.6) is 5.75 Å². The summed E-state index contributed by atoms with van der Waals surface area (Å²) < 4.78 is 10.7. The zero-order valence-electron chi connectivity index (χ0n) is 16.0. The van der Waals surface area contributed by atoms with E-state index in [-0.39, 0.29) is 24.0 Å². The second kappa shape index (κ2) is 7.33. The molecule has 6 nitrogen and oxygen atoms in total. The minimum atomic E-state index is -0.935. The van der Waals surface area contributed by atoms with Gasteiger partial charge in [-0.2, -0.15) is 0 Å². The number of benzene rings is 1. The molecule has 3 rings (SSSR count). The molecule has 4 atom stereocenters. The first kappa shape index (κ1) is 19.4. The molecular formula is C21H26O6. The average Bonchev–Trinajstić information content (AvgIpc) is 2.89. The number of hydrogen-bond donors (Lipinski definition) is 1. The second-order valence-electron chi connectivity index (χ2n) is 7.89. The van der Waals surface area contributed by atoms with Crippen molar-refractivity contribution in [2.75, 3.05) is 7.11 Å². The molecule has 0 aliphatic heterocycles. The van der Waals surface area contributed by atoms with Crippen LogP contribution in [-0.2, 0) is 20.7 Å². The van der Waals surface area contributed by atoms with E-state index in [4.69, 9.17) is 9.47 Å². The summed E-state index contributed by atoms with van der Waals surface area (Å²) in [5, 5.41) is 9.45. The van der Waals surface area contributed by atoms with Gasteiger partial charge in [0.1, 0.15) is 11.9 Å². The summed E-state index contributed by atoms with van der Waals surface area (Å²) in [5.74, 6) is -0.938. The third-order valence-corrected chi connectivity index (χ3v) is 6.29. The highest BCUT2D eigenvalue weighted by molar-refractivity contribution is 6.00. The van der Waals surface area contributed by atoms with E-state index in [2.05, 4.69) is 0 Å². The van der Waals surface area contributed by atoms with E-state index in [9.17, 15) is 19.5 Å². The summed E-state index contributed by atoms with van der Waals surface area (Å²) in [6, 6.07) is 5.48. The summed E-state index contributed by atoms with van der Waals surface area (Å²) in [7, 11) is 1.60. The SMILES string of the molecule is COc1ccc2c(c1)CCC([C@H]1CC[C@H](OC(C)=O)[C@@]1(C)CC(=O)O)C2=O. The molecule has 0 amide bonds. The molecule has 0 saturated heterocycles. The van der Waals surface area contributed by atoms with Gasteiger partial charge in [0.2, 0.25) is 0 Å². The van der Waals surface area contributed by atoms with Crippen LogP contribution in [0.3, 0.4) is 0 Å². The number of ether oxygens (including phenoxy) is 2. The Morgan fingerprint density at radius 2 is 2.00 bits per heavy atom. The lowest BCUT2D eigenvalue weighted by molar-refractivity contribution is -0.157. The number of carboxylic acids is 1. The standard InChI is InChI=1S/C21H26O6/c1-12(22)27-18-9-8-17(21(18,2)11-19(23)24)16-6-4-13-10-14(26-3)5-7-15(13)20(16)25/h5,7,10,16-18H,4,6,8-9,11H2,1-3H3,(H,23,24)/t16?,17-,18+,21+/m1/s1. The van der Waals surface area contributed by atoms with Gasteiger partial charge in [0.05, 0.1) is 13.5 Å². The Labute approximate surface area is 158 Å². The topological polar surface area (TPSA) is 89.9 Å². The van der Waals surface area contributed by atoms with E-state index in [0.29, 0.717) is 24.8 Å². The number of esters is 1. The van der Waals surface area contributed by atoms with Gasteiger partial charge < -0.3 is 14.6 Å². The van der Waals surface area contributed by atoms with Crippen molar-refractivity contribution in [3.8, 4) is 5.75 Å². The fourth-order valence-electron chi connectivity index (χ4n) is 5.02. The molecule has 0 heterocycles. The van der Waals surface area contributed by atoms with E-state index >= 15 is 0 Å². The van der Waals surface area contributed by atoms with Crippen LogP contribution in [0.15, 0.2) is 18.2 Å². The first-order chi connectivity index (χ1) is 12.8. The van der Waals surface area contributed by atoms with Crippen LogP contribution in [0.4, 0.5) is 0 Å². The fourth-order valence-corrected chi connectivity index (χ4v) is 5.02. The molecule has 0 aromatic heterocycles. The van der Waals surface area contributed by atoms with E-state index < -0.39 is 23.5 Å². The average molecular weight is 374 g/mol. The van der Waals surface area contributed by atoms with Crippen molar-refractivity contribution in [3.63, 3.8) is 0 Å². The number of fused-ring (bicyclic) bond motifs is 1. The maximum atomic E-state index is 13.2. The van der Waals surface area contributed by atoms with E-state index in [1.54, 1.807) is 19.2 Å².